The molecular weight excluding hydrogens is 292 g/mol. The van der Waals surface area contributed by atoms with Gasteiger partial charge in [0.2, 0.25) is 11.8 Å². The Morgan fingerprint density at radius 3 is 1.09 bits per heavy atom. The maximum atomic E-state index is 10.8. The minimum Gasteiger partial charge on any atom is -0.359 e. The van der Waals surface area contributed by atoms with Crippen molar-refractivity contribution >= 4 is 17.6 Å². The largest absolute Gasteiger partial charge is 0.359 e. The van der Waals surface area contributed by atoms with Crippen LogP contribution >= 0.6 is 0 Å². The number of rotatable bonds is 3. The first kappa shape index (κ1) is 33.3. The molecule has 0 radical (unpaired) electrons. The zero-order chi connectivity index (χ0) is 17.7. The third-order valence-electron chi connectivity index (χ3n) is 2.52. The summed E-state index contributed by atoms with van der Waals surface area (Å²) in [7, 11) is 5.17. The van der Waals surface area contributed by atoms with E-state index in [-0.39, 0.29) is 50.2 Å². The van der Waals surface area contributed by atoms with Gasteiger partial charge in [-0.05, 0) is 6.92 Å². The predicted molar refractivity (Wildman–Crippen MR) is 101 cm³/mol. The summed E-state index contributed by atoms with van der Waals surface area (Å²) in [6.07, 6.45) is 0. The van der Waals surface area contributed by atoms with Gasteiger partial charge >= 0.3 is 0 Å². The van der Waals surface area contributed by atoms with Crippen molar-refractivity contribution in [1.82, 2.24) is 10.2 Å². The van der Waals surface area contributed by atoms with Crippen molar-refractivity contribution in [3.63, 3.8) is 0 Å². The van der Waals surface area contributed by atoms with Crippen molar-refractivity contribution in [1.29, 1.82) is 0 Å². The minimum absolute atomic E-state index is 0. The van der Waals surface area contributed by atoms with Crippen molar-refractivity contribution in [3.8, 4) is 0 Å². The molecule has 142 valence electrons. The van der Waals surface area contributed by atoms with Crippen molar-refractivity contribution in [3.05, 3.63) is 0 Å². The summed E-state index contributed by atoms with van der Waals surface area (Å²) in [6.45, 7) is 12.9. The number of Topliss-reactive ketones (excluding diaryl/α,β-unsaturated/α-hetero) is 1. The van der Waals surface area contributed by atoms with Gasteiger partial charge in [0.15, 0.2) is 0 Å². The molecule has 0 aromatic heterocycles. The Morgan fingerprint density at radius 1 is 0.783 bits per heavy atom. The van der Waals surface area contributed by atoms with Crippen LogP contribution in [0.4, 0.5) is 0 Å². The molecule has 0 aromatic rings. The molecule has 1 N–H and O–H groups in total. The summed E-state index contributed by atoms with van der Waals surface area (Å²) in [5, 5.41) is 2.53. The Labute approximate surface area is 145 Å². The summed E-state index contributed by atoms with van der Waals surface area (Å²) in [4.78, 5) is 32.9. The zero-order valence-electron chi connectivity index (χ0n) is 15.4. The average Bonchev–Trinajstić information content (AvgIpc) is 2.37. The quantitative estimate of drug-likeness (QED) is 0.857. The Kier molecular flexibility index (Phi) is 27.0. The van der Waals surface area contributed by atoms with Crippen molar-refractivity contribution in [2.45, 2.75) is 63.3 Å². The van der Waals surface area contributed by atoms with Crippen LogP contribution in [0.5, 0.6) is 0 Å². The van der Waals surface area contributed by atoms with Crippen LogP contribution in [0.1, 0.15) is 63.3 Å². The molecule has 5 nitrogen and oxygen atoms in total. The molecule has 0 unspecified atom stereocenters. The highest BCUT2D eigenvalue weighted by molar-refractivity contribution is 5.78. The first-order valence-corrected chi connectivity index (χ1v) is 7.31. The van der Waals surface area contributed by atoms with E-state index in [0.29, 0.717) is 0 Å². The topological polar surface area (TPSA) is 66.5 Å². The number of nitrogens with one attached hydrogen (secondary N) is 1. The monoisotopic (exact) mass is 334 g/mol. The third-order valence-corrected chi connectivity index (χ3v) is 2.52. The predicted octanol–water partition coefficient (Wildman–Crippen LogP) is 3.62. The highest BCUT2D eigenvalue weighted by Gasteiger charge is 2.06. The van der Waals surface area contributed by atoms with Crippen LogP contribution in [0.15, 0.2) is 0 Å². The van der Waals surface area contributed by atoms with Crippen LogP contribution in [0, 0.1) is 17.8 Å². The molecule has 2 amide bonds. The minimum atomic E-state index is 0. The summed E-state index contributed by atoms with van der Waals surface area (Å²) < 4.78 is 0. The van der Waals surface area contributed by atoms with Crippen molar-refractivity contribution in [2.24, 2.45) is 17.8 Å². The van der Waals surface area contributed by atoms with Gasteiger partial charge in [-0.3, -0.25) is 14.4 Å². The van der Waals surface area contributed by atoms with Gasteiger partial charge in [0.1, 0.15) is 5.78 Å². The van der Waals surface area contributed by atoms with Gasteiger partial charge in [-0.25, -0.2) is 0 Å². The van der Waals surface area contributed by atoms with E-state index in [9.17, 15) is 14.4 Å². The van der Waals surface area contributed by atoms with Crippen LogP contribution in [-0.4, -0.2) is 43.6 Å². The molecule has 0 aromatic carbocycles. The molecule has 0 aliphatic carbocycles. The van der Waals surface area contributed by atoms with Gasteiger partial charge in [0.25, 0.3) is 0 Å². The molecule has 23 heavy (non-hydrogen) atoms. The summed E-state index contributed by atoms with van der Waals surface area (Å²) >= 11 is 0. The molecule has 0 fully saturated rings. The third kappa shape index (κ3) is 25.9. The number of carbonyl (C=O) groups is 3. The molecule has 0 bridgehead atoms. The highest BCUT2D eigenvalue weighted by atomic mass is 16.2. The van der Waals surface area contributed by atoms with Crippen LogP contribution < -0.4 is 5.32 Å². The van der Waals surface area contributed by atoms with E-state index < -0.39 is 0 Å². The van der Waals surface area contributed by atoms with Crippen molar-refractivity contribution in [2.75, 3.05) is 21.1 Å². The highest BCUT2D eigenvalue weighted by Crippen LogP contribution is 1.94. The van der Waals surface area contributed by atoms with Gasteiger partial charge < -0.3 is 10.2 Å². The first-order chi connectivity index (χ1) is 9.38. The fraction of sp³-hybridized carbons (Fsp3) is 0.833. The number of ketones is 1. The van der Waals surface area contributed by atoms with Gasteiger partial charge in [0.05, 0.1) is 0 Å². The van der Waals surface area contributed by atoms with E-state index in [0.717, 1.165) is 0 Å². The second-order valence-electron chi connectivity index (χ2n) is 5.92. The fourth-order valence-electron chi connectivity index (χ4n) is 0.805. The van der Waals surface area contributed by atoms with E-state index in [1.807, 2.05) is 41.5 Å². The number of hydrogen-bond acceptors (Lipinski definition) is 3. The Bertz CT molecular complexity index is 299. The fourth-order valence-corrected chi connectivity index (χ4v) is 0.805. The lowest BCUT2D eigenvalue weighted by Crippen LogP contribution is -2.26. The molecule has 0 heterocycles. The Hall–Kier alpha value is -1.39. The van der Waals surface area contributed by atoms with Crippen LogP contribution in [0.3, 0.4) is 0 Å². The lowest BCUT2D eigenvalue weighted by Gasteiger charge is -2.11. The van der Waals surface area contributed by atoms with E-state index in [2.05, 4.69) is 5.32 Å². The van der Waals surface area contributed by atoms with Crippen LogP contribution in [0.25, 0.3) is 0 Å². The Balaban J connectivity index is -0.0000000681. The second-order valence-corrected chi connectivity index (χ2v) is 5.92. The first-order valence-electron chi connectivity index (χ1n) is 7.31. The molecule has 0 aliphatic rings. The molecule has 0 saturated carbocycles. The van der Waals surface area contributed by atoms with E-state index in [1.165, 1.54) is 0 Å². The van der Waals surface area contributed by atoms with E-state index in [1.54, 1.807) is 33.0 Å². The lowest BCUT2D eigenvalue weighted by molar-refractivity contribution is -0.131. The zero-order valence-corrected chi connectivity index (χ0v) is 15.4. The van der Waals surface area contributed by atoms with Crippen molar-refractivity contribution < 1.29 is 14.4 Å². The number of nitrogens with zero attached hydrogens (tertiary/aromatic N) is 1. The SMILES string of the molecule is C.C.CC(=O)C(C)C.CC(C)C(=O)N(C)C.CNC(=O)C(C)C. The van der Waals surface area contributed by atoms with Crippen LogP contribution in [0.2, 0.25) is 0 Å². The number of amides is 2. The van der Waals surface area contributed by atoms with Gasteiger partial charge in [-0.1, -0.05) is 56.4 Å². The average molecular weight is 335 g/mol. The van der Waals surface area contributed by atoms with E-state index in [4.69, 9.17) is 0 Å². The summed E-state index contributed by atoms with van der Waals surface area (Å²) in [5.41, 5.74) is 0. The van der Waals surface area contributed by atoms with Gasteiger partial charge in [0, 0.05) is 38.9 Å². The molecule has 0 rings (SSSR count). The van der Waals surface area contributed by atoms with Gasteiger partial charge in [-0.2, -0.15) is 0 Å². The van der Waals surface area contributed by atoms with Gasteiger partial charge in [-0.15, -0.1) is 0 Å². The Morgan fingerprint density at radius 2 is 1.09 bits per heavy atom. The molecule has 0 saturated heterocycles. The second kappa shape index (κ2) is 18.7. The summed E-state index contributed by atoms with van der Waals surface area (Å²) in [6, 6.07) is 0. The van der Waals surface area contributed by atoms with E-state index >= 15 is 0 Å². The maximum Gasteiger partial charge on any atom is 0.224 e. The number of hydrogen-bond donors (Lipinski definition) is 1. The molecular formula is C18H42N2O3. The molecule has 0 aliphatic heterocycles. The smallest absolute Gasteiger partial charge is 0.224 e. The standard InChI is InChI=1S/C6H13NO.C5H11NO.C5H10O.2CH4/c1-5(2)6(8)7(3)4;1-4(2)5(7)6-3;1-4(2)5(3)6;;/h5H,1-4H3;4H,1-3H3,(H,6,7);4H,1-3H3;2*1H4. The maximum absolute atomic E-state index is 10.8. The number of carbonyl (C=O) groups excluding carboxylic acids is 3. The molecule has 0 spiro atoms. The molecule has 0 atom stereocenters. The normalized spacial score (nSPS) is 8.57. The molecule has 5 heteroatoms. The lowest BCUT2D eigenvalue weighted by atomic mass is 10.1. The van der Waals surface area contributed by atoms with Crippen LogP contribution in [-0.2, 0) is 14.4 Å². The summed E-state index contributed by atoms with van der Waals surface area (Å²) in [5.74, 6) is 1.00.